The molecule has 5 heteroatoms. The topological polar surface area (TPSA) is 19.4 Å². The molecule has 5 heterocycles. The maximum Gasteiger partial charge on any atom is 0.150 e. The van der Waals surface area contributed by atoms with Crippen molar-refractivity contribution >= 4 is 29.0 Å². The van der Waals surface area contributed by atoms with Crippen molar-refractivity contribution in [1.82, 2.24) is 9.88 Å². The minimum absolute atomic E-state index is 0.181. The van der Waals surface area contributed by atoms with Gasteiger partial charge in [0.05, 0.1) is 10.6 Å². The normalized spacial score (nSPS) is 35.2. The van der Waals surface area contributed by atoms with Crippen molar-refractivity contribution < 1.29 is 0 Å². The van der Waals surface area contributed by atoms with Crippen LogP contribution < -0.4 is 4.90 Å². The van der Waals surface area contributed by atoms with Gasteiger partial charge in [0.2, 0.25) is 0 Å². The van der Waals surface area contributed by atoms with E-state index in [-0.39, 0.29) is 5.54 Å². The molecule has 0 radical (unpaired) electrons. The van der Waals surface area contributed by atoms with Crippen LogP contribution in [0.5, 0.6) is 0 Å². The summed E-state index contributed by atoms with van der Waals surface area (Å²) in [7, 11) is 0. The number of aromatic nitrogens is 1. The number of fused-ring (bicyclic) bond motifs is 2. The fourth-order valence-electron chi connectivity index (χ4n) is 4.10. The lowest BCUT2D eigenvalue weighted by atomic mass is 9.71. The molecule has 0 aliphatic carbocycles. The number of hydrogen-bond donors (Lipinski definition) is 0. The highest BCUT2D eigenvalue weighted by Crippen LogP contribution is 2.46. The summed E-state index contributed by atoms with van der Waals surface area (Å²) >= 11 is 12.1. The summed E-state index contributed by atoms with van der Waals surface area (Å²) in [5.41, 5.74) is 0.181. The lowest BCUT2D eigenvalue weighted by Crippen LogP contribution is -2.64. The Bertz CT molecular complexity index is 566. The number of nitrogens with zero attached hydrogens (tertiary/aromatic N) is 3. The number of pyridine rings is 1. The van der Waals surface area contributed by atoms with E-state index in [4.69, 9.17) is 23.2 Å². The van der Waals surface area contributed by atoms with Gasteiger partial charge in [0, 0.05) is 12.7 Å². The molecular weight excluding hydrogens is 293 g/mol. The smallest absolute Gasteiger partial charge is 0.150 e. The molecule has 2 bridgehead atoms. The van der Waals surface area contributed by atoms with E-state index >= 15 is 0 Å². The molecule has 1 spiro atoms. The fraction of sp³-hybridized carbons (Fsp3) is 0.533. The highest BCUT2D eigenvalue weighted by Gasteiger charge is 2.51. The van der Waals surface area contributed by atoms with E-state index in [1.54, 1.807) is 0 Å². The van der Waals surface area contributed by atoms with Crippen LogP contribution in [0.2, 0.25) is 10.2 Å². The van der Waals surface area contributed by atoms with Gasteiger partial charge in [-0.15, -0.1) is 0 Å². The average molecular weight is 310 g/mol. The monoisotopic (exact) mass is 309 g/mol. The Morgan fingerprint density at radius 3 is 2.65 bits per heavy atom. The number of rotatable bonds is 1. The molecule has 1 aromatic heterocycles. The second-order valence-corrected chi connectivity index (χ2v) is 6.82. The Labute approximate surface area is 129 Å². The molecule has 3 saturated heterocycles. The summed E-state index contributed by atoms with van der Waals surface area (Å²) in [5.74, 6) is 1.67. The van der Waals surface area contributed by atoms with Crippen LogP contribution in [0.4, 0.5) is 5.82 Å². The Balaban J connectivity index is 1.73. The summed E-state index contributed by atoms with van der Waals surface area (Å²) in [6.45, 7) is 3.62. The molecule has 0 aromatic carbocycles. The van der Waals surface area contributed by atoms with E-state index in [0.717, 1.165) is 24.7 Å². The van der Waals surface area contributed by atoms with Crippen LogP contribution in [0.3, 0.4) is 0 Å². The van der Waals surface area contributed by atoms with E-state index in [0.29, 0.717) is 10.2 Å². The first-order chi connectivity index (χ1) is 9.69. The first kappa shape index (κ1) is 12.9. The molecule has 1 aromatic rings. The van der Waals surface area contributed by atoms with Crippen LogP contribution in [0, 0.1) is 5.92 Å². The quantitative estimate of drug-likeness (QED) is 0.739. The maximum absolute atomic E-state index is 6.09. The van der Waals surface area contributed by atoms with E-state index in [1.807, 2.05) is 12.1 Å². The first-order valence-corrected chi connectivity index (χ1v) is 7.95. The molecule has 3 nitrogen and oxygen atoms in total. The van der Waals surface area contributed by atoms with Gasteiger partial charge in [-0.3, -0.25) is 0 Å². The third-order valence-corrected chi connectivity index (χ3v) is 5.78. The molecule has 0 amide bonds. The Hall–Kier alpha value is -0.770. The molecule has 0 saturated carbocycles. The largest absolute Gasteiger partial charge is 0.325 e. The van der Waals surface area contributed by atoms with E-state index < -0.39 is 0 Å². The van der Waals surface area contributed by atoms with Crippen LogP contribution in [0.1, 0.15) is 19.3 Å². The van der Waals surface area contributed by atoms with Gasteiger partial charge in [-0.25, -0.2) is 4.98 Å². The van der Waals surface area contributed by atoms with E-state index in [1.165, 1.54) is 25.9 Å². The molecule has 5 rings (SSSR count). The van der Waals surface area contributed by atoms with Crippen molar-refractivity contribution in [3.8, 4) is 0 Å². The molecule has 4 aliphatic heterocycles. The highest BCUT2D eigenvalue weighted by atomic mass is 35.5. The molecule has 106 valence electrons. The van der Waals surface area contributed by atoms with Crippen LogP contribution in [-0.4, -0.2) is 35.1 Å². The average Bonchev–Trinajstić information content (AvgIpc) is 2.86. The Kier molecular flexibility index (Phi) is 2.99. The zero-order valence-corrected chi connectivity index (χ0v) is 12.7. The highest BCUT2D eigenvalue weighted by molar-refractivity contribution is 6.41. The molecule has 20 heavy (non-hydrogen) atoms. The number of anilines is 1. The van der Waals surface area contributed by atoms with Crippen molar-refractivity contribution in [2.75, 3.05) is 24.5 Å². The van der Waals surface area contributed by atoms with E-state index in [2.05, 4.69) is 27.1 Å². The summed E-state index contributed by atoms with van der Waals surface area (Å²) in [6, 6.07) is 3.82. The third kappa shape index (κ3) is 1.80. The summed E-state index contributed by atoms with van der Waals surface area (Å²) < 4.78 is 0. The second-order valence-electron chi connectivity index (χ2n) is 6.05. The van der Waals surface area contributed by atoms with Crippen molar-refractivity contribution in [1.29, 1.82) is 0 Å². The van der Waals surface area contributed by atoms with Gasteiger partial charge < -0.3 is 9.80 Å². The first-order valence-electron chi connectivity index (χ1n) is 7.19. The predicted molar refractivity (Wildman–Crippen MR) is 82.4 cm³/mol. The number of piperidine rings is 3. The van der Waals surface area contributed by atoms with Crippen molar-refractivity contribution in [2.45, 2.75) is 24.8 Å². The van der Waals surface area contributed by atoms with Gasteiger partial charge in [0.15, 0.2) is 0 Å². The van der Waals surface area contributed by atoms with Gasteiger partial charge in [-0.05, 0) is 50.4 Å². The Morgan fingerprint density at radius 1 is 1.20 bits per heavy atom. The zero-order valence-electron chi connectivity index (χ0n) is 11.2. The SMILES string of the molecule is Clc1ccc(N2C=CC[C@@]23CN2CCC3CC2)nc1Cl. The van der Waals surface area contributed by atoms with Crippen molar-refractivity contribution in [3.63, 3.8) is 0 Å². The summed E-state index contributed by atoms with van der Waals surface area (Å²) in [6.07, 6.45) is 8.13. The predicted octanol–water partition coefficient (Wildman–Crippen LogP) is 3.58. The van der Waals surface area contributed by atoms with Crippen LogP contribution >= 0.6 is 23.2 Å². The van der Waals surface area contributed by atoms with Crippen LogP contribution in [0.15, 0.2) is 24.4 Å². The van der Waals surface area contributed by atoms with Gasteiger partial charge in [-0.2, -0.15) is 0 Å². The van der Waals surface area contributed by atoms with Crippen molar-refractivity contribution in [2.24, 2.45) is 5.92 Å². The standard InChI is InChI=1S/C15H17Cl2N3/c16-12-2-3-13(18-14(12)17)20-7-1-6-15(20)10-19-8-4-11(15)5-9-19/h1-3,7,11H,4-6,8-10H2/t15-/m0/s1. The van der Waals surface area contributed by atoms with Crippen molar-refractivity contribution in [3.05, 3.63) is 34.6 Å². The van der Waals surface area contributed by atoms with Gasteiger partial charge >= 0.3 is 0 Å². The van der Waals surface area contributed by atoms with Crippen LogP contribution in [0.25, 0.3) is 0 Å². The van der Waals surface area contributed by atoms with Gasteiger partial charge in [0.25, 0.3) is 0 Å². The molecular formula is C15H17Cl2N3. The summed E-state index contributed by atoms with van der Waals surface area (Å²) in [4.78, 5) is 9.40. The third-order valence-electron chi connectivity index (χ3n) is 5.09. The number of halogens is 2. The van der Waals surface area contributed by atoms with Crippen LogP contribution in [-0.2, 0) is 0 Å². The van der Waals surface area contributed by atoms with Gasteiger partial charge in [0.1, 0.15) is 11.0 Å². The lowest BCUT2D eigenvalue weighted by molar-refractivity contribution is 0.0333. The minimum atomic E-state index is 0.181. The molecule has 0 N–H and O–H groups in total. The second kappa shape index (κ2) is 4.62. The molecule has 0 unspecified atom stereocenters. The number of hydrogen-bond acceptors (Lipinski definition) is 3. The maximum atomic E-state index is 6.09. The molecule has 1 atom stereocenters. The minimum Gasteiger partial charge on any atom is -0.325 e. The summed E-state index contributed by atoms with van der Waals surface area (Å²) in [5, 5.41) is 0.905. The fourth-order valence-corrected chi connectivity index (χ4v) is 4.36. The Morgan fingerprint density at radius 2 is 2.00 bits per heavy atom. The zero-order chi connectivity index (χ0) is 13.7. The van der Waals surface area contributed by atoms with Gasteiger partial charge in [-0.1, -0.05) is 29.3 Å². The molecule has 4 aliphatic rings. The van der Waals surface area contributed by atoms with E-state index in [9.17, 15) is 0 Å². The lowest BCUT2D eigenvalue weighted by Gasteiger charge is -2.55. The molecule has 3 fully saturated rings.